The van der Waals surface area contributed by atoms with Crippen LogP contribution in [0.3, 0.4) is 0 Å². The van der Waals surface area contributed by atoms with E-state index in [0.29, 0.717) is 24.9 Å². The van der Waals surface area contributed by atoms with Gasteiger partial charge in [0.25, 0.3) is 0 Å². The molecule has 0 aromatic heterocycles. The molecule has 1 saturated heterocycles. The molecule has 3 rings (SSSR count). The number of hydrogen-bond donors (Lipinski definition) is 1. The summed E-state index contributed by atoms with van der Waals surface area (Å²) in [4.78, 5) is 12.4. The molecule has 18 heavy (non-hydrogen) atoms. The van der Waals surface area contributed by atoms with E-state index >= 15 is 0 Å². The molecule has 1 aliphatic heterocycles. The molecule has 1 heterocycles. The van der Waals surface area contributed by atoms with E-state index in [-0.39, 0.29) is 17.9 Å². The van der Waals surface area contributed by atoms with Crippen molar-refractivity contribution in [2.24, 2.45) is 11.8 Å². The summed E-state index contributed by atoms with van der Waals surface area (Å²) in [5.41, 5.74) is 1.30. The van der Waals surface area contributed by atoms with Crippen LogP contribution in [0.4, 0.5) is 0 Å². The van der Waals surface area contributed by atoms with Gasteiger partial charge in [-0.15, -0.1) is 0 Å². The third kappa shape index (κ3) is 2.08. The summed E-state index contributed by atoms with van der Waals surface area (Å²) < 4.78 is 5.42. The Bertz CT molecular complexity index is 431. The molecule has 2 aliphatic rings. The number of carbonyl (C=O) groups excluding carboxylic acids is 1. The number of rotatable bonds is 4. The van der Waals surface area contributed by atoms with Gasteiger partial charge in [-0.2, -0.15) is 0 Å². The first-order chi connectivity index (χ1) is 8.81. The van der Waals surface area contributed by atoms with Crippen LogP contribution in [0, 0.1) is 11.8 Å². The lowest BCUT2D eigenvalue weighted by Gasteiger charge is -2.15. The van der Waals surface area contributed by atoms with Gasteiger partial charge in [-0.05, 0) is 24.9 Å². The molecule has 3 nitrogen and oxygen atoms in total. The molecule has 1 aromatic carbocycles. The van der Waals surface area contributed by atoms with E-state index in [2.05, 4.69) is 17.4 Å². The normalized spacial score (nSPS) is 34.5. The number of hydrogen-bond acceptors (Lipinski definition) is 3. The minimum atomic E-state index is 0.0497. The van der Waals surface area contributed by atoms with E-state index < -0.39 is 0 Å². The SMILES string of the molecule is CNC1COCC1C(=O)C1CC1c1ccccc1. The molecule has 0 spiro atoms. The average molecular weight is 245 g/mol. The zero-order valence-corrected chi connectivity index (χ0v) is 10.6. The molecular weight excluding hydrogens is 226 g/mol. The number of ether oxygens (including phenoxy) is 1. The Kier molecular flexibility index (Phi) is 3.18. The lowest BCUT2D eigenvalue weighted by atomic mass is 9.94. The van der Waals surface area contributed by atoms with Crippen molar-refractivity contribution < 1.29 is 9.53 Å². The van der Waals surface area contributed by atoms with Gasteiger partial charge in [-0.25, -0.2) is 0 Å². The van der Waals surface area contributed by atoms with E-state index in [1.807, 2.05) is 25.2 Å². The van der Waals surface area contributed by atoms with Crippen molar-refractivity contribution in [3.8, 4) is 0 Å². The molecule has 0 bridgehead atoms. The fourth-order valence-corrected chi connectivity index (χ4v) is 2.97. The molecule has 4 atom stereocenters. The second-order valence-corrected chi connectivity index (χ2v) is 5.30. The van der Waals surface area contributed by atoms with E-state index in [0.717, 1.165) is 6.42 Å². The number of Topliss-reactive ketones (excluding diaryl/α,β-unsaturated/α-hetero) is 1. The van der Waals surface area contributed by atoms with E-state index in [1.165, 1.54) is 5.56 Å². The maximum absolute atomic E-state index is 12.4. The predicted octanol–water partition coefficient (Wildman–Crippen LogP) is 1.59. The van der Waals surface area contributed by atoms with Gasteiger partial charge in [0.15, 0.2) is 0 Å². The van der Waals surface area contributed by atoms with E-state index in [9.17, 15) is 4.79 Å². The number of likely N-dealkylation sites (N-methyl/N-ethyl adjacent to an activating group) is 1. The van der Waals surface area contributed by atoms with Crippen LogP contribution in [0.15, 0.2) is 30.3 Å². The fraction of sp³-hybridized carbons (Fsp3) is 0.533. The summed E-state index contributed by atoms with van der Waals surface area (Å²) in [5, 5.41) is 3.19. The van der Waals surface area contributed by atoms with Gasteiger partial charge in [-0.1, -0.05) is 30.3 Å². The number of nitrogens with one attached hydrogen (secondary N) is 1. The molecule has 2 fully saturated rings. The molecule has 1 aliphatic carbocycles. The zero-order chi connectivity index (χ0) is 12.5. The number of benzene rings is 1. The third-order valence-corrected chi connectivity index (χ3v) is 4.20. The minimum Gasteiger partial charge on any atom is -0.379 e. The standard InChI is InChI=1S/C15H19NO2/c1-16-14-9-18-8-13(14)15(17)12-7-11(12)10-5-3-2-4-6-10/h2-6,11-14,16H,7-9H2,1H3. The number of ketones is 1. The molecule has 1 N–H and O–H groups in total. The van der Waals surface area contributed by atoms with Gasteiger partial charge in [0.05, 0.1) is 19.1 Å². The van der Waals surface area contributed by atoms with Gasteiger partial charge in [-0.3, -0.25) is 4.79 Å². The first-order valence-corrected chi connectivity index (χ1v) is 6.65. The largest absolute Gasteiger partial charge is 0.379 e. The van der Waals surface area contributed by atoms with E-state index in [1.54, 1.807) is 0 Å². The van der Waals surface area contributed by atoms with Crippen molar-refractivity contribution in [1.29, 1.82) is 0 Å². The van der Waals surface area contributed by atoms with Crippen molar-refractivity contribution in [1.82, 2.24) is 5.32 Å². The minimum absolute atomic E-state index is 0.0497. The second-order valence-electron chi connectivity index (χ2n) is 5.30. The van der Waals surface area contributed by atoms with Crippen LogP contribution in [-0.4, -0.2) is 32.1 Å². The summed E-state index contributed by atoms with van der Waals surface area (Å²) in [5.74, 6) is 1.10. The summed E-state index contributed by atoms with van der Waals surface area (Å²) in [6.07, 6.45) is 1.01. The Labute approximate surface area is 108 Å². The van der Waals surface area contributed by atoms with Crippen molar-refractivity contribution in [3.63, 3.8) is 0 Å². The van der Waals surface area contributed by atoms with Crippen LogP contribution < -0.4 is 5.32 Å². The number of carbonyl (C=O) groups is 1. The quantitative estimate of drug-likeness (QED) is 0.875. The Morgan fingerprint density at radius 2 is 2.00 bits per heavy atom. The highest BCUT2D eigenvalue weighted by atomic mass is 16.5. The van der Waals surface area contributed by atoms with Gasteiger partial charge >= 0.3 is 0 Å². The Balaban J connectivity index is 1.66. The second kappa shape index (κ2) is 4.82. The summed E-state index contributed by atoms with van der Waals surface area (Å²) >= 11 is 0. The van der Waals surface area contributed by atoms with Crippen molar-refractivity contribution in [3.05, 3.63) is 35.9 Å². The molecule has 3 heteroatoms. The van der Waals surface area contributed by atoms with Crippen molar-refractivity contribution in [2.75, 3.05) is 20.3 Å². The monoisotopic (exact) mass is 245 g/mol. The fourth-order valence-electron chi connectivity index (χ4n) is 2.97. The predicted molar refractivity (Wildman–Crippen MR) is 69.5 cm³/mol. The summed E-state index contributed by atoms with van der Waals surface area (Å²) in [6, 6.07) is 10.6. The Hall–Kier alpha value is -1.19. The van der Waals surface area contributed by atoms with Crippen LogP contribution in [0.5, 0.6) is 0 Å². The highest BCUT2D eigenvalue weighted by Crippen LogP contribution is 2.49. The molecule has 96 valence electrons. The van der Waals surface area contributed by atoms with Crippen LogP contribution in [0.25, 0.3) is 0 Å². The highest BCUT2D eigenvalue weighted by Gasteiger charge is 2.48. The third-order valence-electron chi connectivity index (χ3n) is 4.20. The van der Waals surface area contributed by atoms with Crippen LogP contribution in [-0.2, 0) is 9.53 Å². The van der Waals surface area contributed by atoms with Crippen LogP contribution in [0.2, 0.25) is 0 Å². The van der Waals surface area contributed by atoms with Crippen LogP contribution >= 0.6 is 0 Å². The molecule has 1 aromatic rings. The van der Waals surface area contributed by atoms with Crippen molar-refractivity contribution >= 4 is 5.78 Å². The highest BCUT2D eigenvalue weighted by molar-refractivity contribution is 5.88. The van der Waals surface area contributed by atoms with Gasteiger partial charge < -0.3 is 10.1 Å². The molecule has 0 amide bonds. The van der Waals surface area contributed by atoms with Crippen molar-refractivity contribution in [2.45, 2.75) is 18.4 Å². The van der Waals surface area contributed by atoms with Gasteiger partial charge in [0, 0.05) is 12.0 Å². The lowest BCUT2D eigenvalue weighted by Crippen LogP contribution is -2.37. The molecule has 4 unspecified atom stereocenters. The van der Waals surface area contributed by atoms with Gasteiger partial charge in [0.1, 0.15) is 5.78 Å². The topological polar surface area (TPSA) is 38.3 Å². The average Bonchev–Trinajstić information content (AvgIpc) is 3.08. The first-order valence-electron chi connectivity index (χ1n) is 6.65. The Morgan fingerprint density at radius 1 is 1.22 bits per heavy atom. The Morgan fingerprint density at radius 3 is 2.72 bits per heavy atom. The molecule has 1 saturated carbocycles. The summed E-state index contributed by atoms with van der Waals surface area (Å²) in [7, 11) is 1.90. The first kappa shape index (κ1) is 11.9. The summed E-state index contributed by atoms with van der Waals surface area (Å²) in [6.45, 7) is 1.25. The van der Waals surface area contributed by atoms with Gasteiger partial charge in [0.2, 0.25) is 0 Å². The molecular formula is C15H19NO2. The maximum atomic E-state index is 12.4. The molecule has 0 radical (unpaired) electrons. The zero-order valence-electron chi connectivity index (χ0n) is 10.6. The maximum Gasteiger partial charge on any atom is 0.143 e. The smallest absolute Gasteiger partial charge is 0.143 e. The lowest BCUT2D eigenvalue weighted by molar-refractivity contribution is -0.124. The van der Waals surface area contributed by atoms with Crippen LogP contribution in [0.1, 0.15) is 17.9 Å². The van der Waals surface area contributed by atoms with E-state index in [4.69, 9.17) is 4.74 Å².